The third-order valence-electron chi connectivity index (χ3n) is 5.44. The fraction of sp³-hybridized carbons (Fsp3) is 0.500. The molecule has 156 valence electrons. The number of para-hydroxylation sites is 1. The van der Waals surface area contributed by atoms with Crippen LogP contribution in [0, 0.1) is 0 Å². The van der Waals surface area contributed by atoms with Crippen LogP contribution in [-0.4, -0.2) is 9.55 Å². The Labute approximate surface area is 184 Å². The molecule has 0 fully saturated rings. The maximum atomic E-state index is 6.49. The molecular formula is C24H32Cl2N3+. The molecule has 0 unspecified atom stereocenters. The van der Waals surface area contributed by atoms with Crippen molar-refractivity contribution in [1.29, 1.82) is 0 Å². The Balaban J connectivity index is 1.48. The first-order valence-corrected chi connectivity index (χ1v) is 11.7. The summed E-state index contributed by atoms with van der Waals surface area (Å²) < 4.78 is 4.04. The number of fused-ring (bicyclic) bond motifs is 1. The molecule has 3 rings (SSSR count). The van der Waals surface area contributed by atoms with Gasteiger partial charge in [0, 0.05) is 5.39 Å². The second-order valence-electron chi connectivity index (χ2n) is 7.84. The van der Waals surface area contributed by atoms with Gasteiger partial charge in [-0.2, -0.15) is 0 Å². The second-order valence-corrected chi connectivity index (χ2v) is 8.56. The third-order valence-corrected chi connectivity index (χ3v) is 6.33. The standard InChI is InChI=1S/C24H32Cl2N3/c1-2-3-4-5-6-7-8-9-12-17-28-19-29(24(26)23(28)25)18-21-16-15-20-13-10-11-14-22(20)27-21/h10-11,13-16,19H,2-9,12,17-18H2,1H3/q+1. The Kier molecular flexibility index (Phi) is 8.82. The summed E-state index contributed by atoms with van der Waals surface area (Å²) in [6, 6.07) is 12.3. The number of hydrogen-bond donors (Lipinski definition) is 0. The highest BCUT2D eigenvalue weighted by molar-refractivity contribution is 6.39. The molecule has 29 heavy (non-hydrogen) atoms. The summed E-state index contributed by atoms with van der Waals surface area (Å²) in [5.41, 5.74) is 1.98. The average Bonchev–Trinajstić information content (AvgIpc) is 3.00. The predicted octanol–water partition coefficient (Wildman–Crippen LogP) is 7.21. The number of halogens is 2. The van der Waals surface area contributed by atoms with Gasteiger partial charge in [0.15, 0.2) is 0 Å². The van der Waals surface area contributed by atoms with E-state index in [-0.39, 0.29) is 0 Å². The second kappa shape index (κ2) is 11.6. The highest BCUT2D eigenvalue weighted by Crippen LogP contribution is 2.20. The number of unbranched alkanes of at least 4 members (excludes halogenated alkanes) is 8. The molecule has 2 heterocycles. The van der Waals surface area contributed by atoms with Crippen molar-refractivity contribution in [1.82, 2.24) is 9.55 Å². The molecule has 1 aromatic carbocycles. The van der Waals surface area contributed by atoms with E-state index >= 15 is 0 Å². The largest absolute Gasteiger partial charge is 0.255 e. The molecule has 0 saturated heterocycles. The van der Waals surface area contributed by atoms with Crippen molar-refractivity contribution in [2.75, 3.05) is 0 Å². The van der Waals surface area contributed by atoms with Crippen LogP contribution in [0.2, 0.25) is 10.3 Å². The lowest BCUT2D eigenvalue weighted by Crippen LogP contribution is -2.33. The lowest BCUT2D eigenvalue weighted by molar-refractivity contribution is -0.686. The number of benzene rings is 1. The van der Waals surface area contributed by atoms with Gasteiger partial charge in [-0.1, -0.05) is 76.1 Å². The van der Waals surface area contributed by atoms with E-state index in [1.165, 1.54) is 51.4 Å². The van der Waals surface area contributed by atoms with Crippen molar-refractivity contribution < 1.29 is 4.57 Å². The van der Waals surface area contributed by atoms with Crippen LogP contribution in [0.15, 0.2) is 42.7 Å². The summed E-state index contributed by atoms with van der Waals surface area (Å²) in [6.45, 7) is 3.79. The Morgan fingerprint density at radius 1 is 0.862 bits per heavy atom. The van der Waals surface area contributed by atoms with Crippen molar-refractivity contribution >= 4 is 34.1 Å². The van der Waals surface area contributed by atoms with Gasteiger partial charge in [0.1, 0.15) is 6.54 Å². The van der Waals surface area contributed by atoms with Crippen molar-refractivity contribution in [3.63, 3.8) is 0 Å². The summed E-state index contributed by atoms with van der Waals surface area (Å²) in [6.07, 6.45) is 13.9. The zero-order chi connectivity index (χ0) is 20.5. The van der Waals surface area contributed by atoms with Crippen LogP contribution in [0.1, 0.15) is 70.4 Å². The van der Waals surface area contributed by atoms with Crippen LogP contribution >= 0.6 is 23.2 Å². The van der Waals surface area contributed by atoms with E-state index in [1.54, 1.807) is 0 Å². The van der Waals surface area contributed by atoms with Crippen molar-refractivity contribution in [2.45, 2.75) is 77.8 Å². The number of imidazole rings is 1. The highest BCUT2D eigenvalue weighted by Gasteiger charge is 2.20. The average molecular weight is 433 g/mol. The van der Waals surface area contributed by atoms with Gasteiger partial charge < -0.3 is 0 Å². The van der Waals surface area contributed by atoms with E-state index in [9.17, 15) is 0 Å². The maximum Gasteiger partial charge on any atom is 0.255 e. The molecular weight excluding hydrogens is 401 g/mol. The third kappa shape index (κ3) is 6.45. The van der Waals surface area contributed by atoms with E-state index in [4.69, 9.17) is 28.2 Å². The minimum absolute atomic E-state index is 0.581. The Hall–Kier alpha value is -1.58. The quantitative estimate of drug-likeness (QED) is 0.218. The van der Waals surface area contributed by atoms with Crippen LogP contribution in [0.5, 0.6) is 0 Å². The van der Waals surface area contributed by atoms with Crippen molar-refractivity contribution in [3.8, 4) is 0 Å². The molecule has 0 radical (unpaired) electrons. The summed E-state index contributed by atoms with van der Waals surface area (Å²) in [5, 5.41) is 2.35. The summed E-state index contributed by atoms with van der Waals surface area (Å²) in [5.74, 6) is 0. The molecule has 0 spiro atoms. The van der Waals surface area contributed by atoms with Crippen molar-refractivity contribution in [3.05, 3.63) is 58.7 Å². The lowest BCUT2D eigenvalue weighted by Gasteiger charge is -2.02. The molecule has 0 aliphatic carbocycles. The first-order chi connectivity index (χ1) is 14.2. The maximum absolute atomic E-state index is 6.49. The van der Waals surface area contributed by atoms with E-state index < -0.39 is 0 Å². The predicted molar refractivity (Wildman–Crippen MR) is 123 cm³/mol. The Morgan fingerprint density at radius 2 is 1.55 bits per heavy atom. The number of nitrogens with zero attached hydrogens (tertiary/aromatic N) is 3. The fourth-order valence-corrected chi connectivity index (χ4v) is 4.19. The van der Waals surface area contributed by atoms with Gasteiger partial charge in [-0.15, -0.1) is 0 Å². The van der Waals surface area contributed by atoms with E-state index in [2.05, 4.69) is 29.7 Å². The summed E-state index contributed by atoms with van der Waals surface area (Å²) in [4.78, 5) is 4.74. The lowest BCUT2D eigenvalue weighted by atomic mass is 10.1. The molecule has 0 saturated carbocycles. The summed E-state index contributed by atoms with van der Waals surface area (Å²) >= 11 is 13.0. The molecule has 3 nitrogen and oxygen atoms in total. The minimum Gasteiger partial charge on any atom is -0.249 e. The van der Waals surface area contributed by atoms with Crippen LogP contribution < -0.4 is 4.57 Å². The topological polar surface area (TPSA) is 21.7 Å². The van der Waals surface area contributed by atoms with Gasteiger partial charge in [0.05, 0.1) is 17.8 Å². The zero-order valence-corrected chi connectivity index (χ0v) is 18.9. The van der Waals surface area contributed by atoms with Gasteiger partial charge in [0.25, 0.3) is 10.3 Å². The molecule has 0 bridgehead atoms. The van der Waals surface area contributed by atoms with Gasteiger partial charge >= 0.3 is 0 Å². The van der Waals surface area contributed by atoms with E-state index in [1.807, 2.05) is 29.1 Å². The zero-order valence-electron chi connectivity index (χ0n) is 17.4. The normalized spacial score (nSPS) is 11.4. The molecule has 0 aliphatic heterocycles. The molecule has 0 aliphatic rings. The number of aromatic nitrogens is 3. The molecule has 0 atom stereocenters. The van der Waals surface area contributed by atoms with E-state index in [0.717, 1.165) is 29.6 Å². The molecule has 3 aromatic rings. The number of pyridine rings is 1. The first-order valence-electron chi connectivity index (χ1n) is 11.0. The van der Waals surface area contributed by atoms with Gasteiger partial charge in [-0.3, -0.25) is 0 Å². The van der Waals surface area contributed by atoms with Crippen LogP contribution in [0.25, 0.3) is 10.9 Å². The minimum atomic E-state index is 0.581. The monoisotopic (exact) mass is 432 g/mol. The highest BCUT2D eigenvalue weighted by atomic mass is 35.5. The SMILES string of the molecule is CCCCCCCCCCCn1c[n+](Cc2ccc3ccccc3n2)c(Cl)c1Cl. The smallest absolute Gasteiger partial charge is 0.249 e. The molecule has 2 aromatic heterocycles. The van der Waals surface area contributed by atoms with Gasteiger partial charge in [0.2, 0.25) is 6.33 Å². The van der Waals surface area contributed by atoms with Crippen LogP contribution in [0.4, 0.5) is 0 Å². The fourth-order valence-electron chi connectivity index (χ4n) is 3.74. The van der Waals surface area contributed by atoms with Crippen LogP contribution in [-0.2, 0) is 13.1 Å². The molecule has 0 N–H and O–H groups in total. The Morgan fingerprint density at radius 3 is 2.31 bits per heavy atom. The van der Waals surface area contributed by atoms with Crippen LogP contribution in [0.3, 0.4) is 0 Å². The molecule has 0 amide bonds. The Bertz CT molecular complexity index is 904. The first kappa shape index (κ1) is 22.1. The van der Waals surface area contributed by atoms with Gasteiger partial charge in [-0.05, 0) is 48.2 Å². The number of aryl methyl sites for hydroxylation is 1. The van der Waals surface area contributed by atoms with Gasteiger partial charge in [-0.25, -0.2) is 14.1 Å². The van der Waals surface area contributed by atoms with Crippen molar-refractivity contribution in [2.24, 2.45) is 0 Å². The molecule has 5 heteroatoms. The number of rotatable bonds is 12. The number of hydrogen-bond acceptors (Lipinski definition) is 1. The van der Waals surface area contributed by atoms with E-state index in [0.29, 0.717) is 16.9 Å². The summed E-state index contributed by atoms with van der Waals surface area (Å²) in [7, 11) is 0.